The summed E-state index contributed by atoms with van der Waals surface area (Å²) in [6.45, 7) is 6.11. The lowest BCUT2D eigenvalue weighted by Crippen LogP contribution is -2.38. The molecule has 2 aromatic heterocycles. The normalized spacial score (nSPS) is 12.4. The standard InChI is InChI=1S/C20H22N2O4/c1-3-22(4-2)15(18-10-7-11-25-18)13-21-20(24)19-12-16(23)14-8-5-6-9-17(14)26-19/h5-12,15H,3-4,13H2,1-2H3,(H,21,24)/t15-/m0/s1. The van der Waals surface area contributed by atoms with Gasteiger partial charge in [-0.3, -0.25) is 14.5 Å². The summed E-state index contributed by atoms with van der Waals surface area (Å²) >= 11 is 0. The summed E-state index contributed by atoms with van der Waals surface area (Å²) in [6, 6.07) is 11.7. The van der Waals surface area contributed by atoms with Crippen molar-refractivity contribution in [3.63, 3.8) is 0 Å². The Bertz CT molecular complexity index is 926. The van der Waals surface area contributed by atoms with Gasteiger partial charge >= 0.3 is 0 Å². The molecule has 0 spiro atoms. The Morgan fingerprint density at radius 3 is 2.62 bits per heavy atom. The Morgan fingerprint density at radius 1 is 1.15 bits per heavy atom. The number of fused-ring (bicyclic) bond motifs is 1. The molecule has 1 amide bonds. The molecule has 0 aliphatic carbocycles. The van der Waals surface area contributed by atoms with Crippen LogP contribution in [0.5, 0.6) is 0 Å². The van der Waals surface area contributed by atoms with Crippen molar-refractivity contribution < 1.29 is 13.6 Å². The van der Waals surface area contributed by atoms with Gasteiger partial charge in [0.2, 0.25) is 0 Å². The molecule has 3 rings (SSSR count). The number of nitrogens with one attached hydrogen (secondary N) is 1. The Balaban J connectivity index is 1.79. The summed E-state index contributed by atoms with van der Waals surface area (Å²) in [7, 11) is 0. The van der Waals surface area contributed by atoms with Crippen molar-refractivity contribution in [1.29, 1.82) is 0 Å². The van der Waals surface area contributed by atoms with E-state index in [0.717, 1.165) is 18.8 Å². The lowest BCUT2D eigenvalue weighted by molar-refractivity contribution is 0.0902. The topological polar surface area (TPSA) is 75.7 Å². The second-order valence-corrected chi connectivity index (χ2v) is 5.93. The highest BCUT2D eigenvalue weighted by molar-refractivity contribution is 5.93. The van der Waals surface area contributed by atoms with Gasteiger partial charge in [-0.2, -0.15) is 0 Å². The van der Waals surface area contributed by atoms with Gasteiger partial charge in [0, 0.05) is 12.6 Å². The van der Waals surface area contributed by atoms with Crippen molar-refractivity contribution in [2.45, 2.75) is 19.9 Å². The Morgan fingerprint density at radius 2 is 1.92 bits per heavy atom. The van der Waals surface area contributed by atoms with Crippen molar-refractivity contribution in [3.05, 3.63) is 70.5 Å². The fourth-order valence-corrected chi connectivity index (χ4v) is 3.05. The molecule has 0 saturated carbocycles. The molecule has 3 aromatic rings. The predicted molar refractivity (Wildman–Crippen MR) is 99.2 cm³/mol. The number of hydrogen-bond acceptors (Lipinski definition) is 5. The SMILES string of the molecule is CCN(CC)[C@@H](CNC(=O)c1cc(=O)c2ccccc2o1)c1ccco1. The van der Waals surface area contributed by atoms with Gasteiger partial charge in [0.25, 0.3) is 5.91 Å². The third kappa shape index (κ3) is 3.70. The fourth-order valence-electron chi connectivity index (χ4n) is 3.05. The first-order valence-electron chi connectivity index (χ1n) is 8.72. The Kier molecular flexibility index (Phi) is 5.53. The summed E-state index contributed by atoms with van der Waals surface area (Å²) in [5.74, 6) is 0.372. The summed E-state index contributed by atoms with van der Waals surface area (Å²) in [5, 5.41) is 3.31. The summed E-state index contributed by atoms with van der Waals surface area (Å²) in [4.78, 5) is 26.9. The lowest BCUT2D eigenvalue weighted by Gasteiger charge is -2.28. The number of nitrogens with zero attached hydrogens (tertiary/aromatic N) is 1. The number of hydrogen-bond donors (Lipinski definition) is 1. The molecule has 0 unspecified atom stereocenters. The molecule has 1 aromatic carbocycles. The molecule has 1 N–H and O–H groups in total. The smallest absolute Gasteiger partial charge is 0.287 e. The molecule has 2 heterocycles. The van der Waals surface area contributed by atoms with E-state index in [9.17, 15) is 9.59 Å². The second-order valence-electron chi connectivity index (χ2n) is 5.93. The van der Waals surface area contributed by atoms with Gasteiger partial charge in [-0.15, -0.1) is 0 Å². The van der Waals surface area contributed by atoms with E-state index in [1.54, 1.807) is 30.5 Å². The van der Waals surface area contributed by atoms with Gasteiger partial charge in [0.05, 0.1) is 17.7 Å². The van der Waals surface area contributed by atoms with E-state index in [1.807, 2.05) is 12.1 Å². The number of likely N-dealkylation sites (N-methyl/N-ethyl adjacent to an activating group) is 1. The highest BCUT2D eigenvalue weighted by Gasteiger charge is 2.22. The van der Waals surface area contributed by atoms with Crippen molar-refractivity contribution in [1.82, 2.24) is 10.2 Å². The maximum absolute atomic E-state index is 12.5. The van der Waals surface area contributed by atoms with Crippen LogP contribution in [0.4, 0.5) is 0 Å². The van der Waals surface area contributed by atoms with E-state index >= 15 is 0 Å². The summed E-state index contributed by atoms with van der Waals surface area (Å²) in [5.41, 5.74) is 0.166. The third-order valence-corrected chi connectivity index (χ3v) is 4.44. The van der Waals surface area contributed by atoms with Gasteiger partial charge in [0.1, 0.15) is 11.3 Å². The molecular weight excluding hydrogens is 332 g/mol. The predicted octanol–water partition coefficient (Wildman–Crippen LogP) is 3.20. The molecule has 26 heavy (non-hydrogen) atoms. The van der Waals surface area contributed by atoms with Crippen molar-refractivity contribution in [2.75, 3.05) is 19.6 Å². The molecule has 0 bridgehead atoms. The zero-order chi connectivity index (χ0) is 18.5. The van der Waals surface area contributed by atoms with E-state index in [0.29, 0.717) is 17.5 Å². The molecule has 136 valence electrons. The van der Waals surface area contributed by atoms with Crippen LogP contribution in [0.15, 0.2) is 62.4 Å². The van der Waals surface area contributed by atoms with E-state index in [2.05, 4.69) is 24.1 Å². The van der Waals surface area contributed by atoms with Crippen LogP contribution in [0.1, 0.15) is 36.2 Å². The average molecular weight is 354 g/mol. The van der Waals surface area contributed by atoms with Crippen LogP contribution in [0.3, 0.4) is 0 Å². The van der Waals surface area contributed by atoms with Gasteiger partial charge in [-0.05, 0) is 37.4 Å². The molecular formula is C20H22N2O4. The first-order chi connectivity index (χ1) is 12.6. The average Bonchev–Trinajstić information content (AvgIpc) is 3.19. The number of benzene rings is 1. The maximum Gasteiger partial charge on any atom is 0.287 e. The number of carbonyl (C=O) groups is 1. The van der Waals surface area contributed by atoms with Gasteiger partial charge in [-0.1, -0.05) is 26.0 Å². The quantitative estimate of drug-likeness (QED) is 0.705. The van der Waals surface area contributed by atoms with Gasteiger partial charge in [-0.25, -0.2) is 0 Å². The largest absolute Gasteiger partial charge is 0.468 e. The monoisotopic (exact) mass is 354 g/mol. The van der Waals surface area contributed by atoms with Crippen LogP contribution in [0.25, 0.3) is 11.0 Å². The van der Waals surface area contributed by atoms with Crippen LogP contribution < -0.4 is 10.7 Å². The van der Waals surface area contributed by atoms with Crippen molar-refractivity contribution in [3.8, 4) is 0 Å². The third-order valence-electron chi connectivity index (χ3n) is 4.44. The number of amides is 1. The fraction of sp³-hybridized carbons (Fsp3) is 0.300. The summed E-state index contributed by atoms with van der Waals surface area (Å²) in [6.07, 6.45) is 1.62. The minimum atomic E-state index is -0.420. The lowest BCUT2D eigenvalue weighted by atomic mass is 10.1. The van der Waals surface area contributed by atoms with Crippen LogP contribution in [0, 0.1) is 0 Å². The molecule has 6 heteroatoms. The van der Waals surface area contributed by atoms with Crippen molar-refractivity contribution in [2.24, 2.45) is 0 Å². The molecule has 0 aliphatic heterocycles. The molecule has 1 atom stereocenters. The first-order valence-corrected chi connectivity index (χ1v) is 8.72. The van der Waals surface area contributed by atoms with E-state index in [1.165, 1.54) is 6.07 Å². The molecule has 6 nitrogen and oxygen atoms in total. The first kappa shape index (κ1) is 17.9. The van der Waals surface area contributed by atoms with Gasteiger partial charge < -0.3 is 14.2 Å². The van der Waals surface area contributed by atoms with E-state index in [-0.39, 0.29) is 17.2 Å². The van der Waals surface area contributed by atoms with Crippen LogP contribution in [-0.4, -0.2) is 30.4 Å². The number of rotatable bonds is 7. The Hall–Kier alpha value is -2.86. The van der Waals surface area contributed by atoms with Crippen LogP contribution in [-0.2, 0) is 0 Å². The number of para-hydroxylation sites is 1. The number of furan rings is 1. The molecule has 0 radical (unpaired) electrons. The van der Waals surface area contributed by atoms with Crippen molar-refractivity contribution >= 4 is 16.9 Å². The second kappa shape index (κ2) is 8.01. The highest BCUT2D eigenvalue weighted by atomic mass is 16.3. The summed E-state index contributed by atoms with van der Waals surface area (Å²) < 4.78 is 11.1. The zero-order valence-electron chi connectivity index (χ0n) is 14.9. The number of carbonyl (C=O) groups excluding carboxylic acids is 1. The minimum Gasteiger partial charge on any atom is -0.468 e. The Labute approximate surface area is 151 Å². The van der Waals surface area contributed by atoms with Gasteiger partial charge in [0.15, 0.2) is 11.2 Å². The maximum atomic E-state index is 12.5. The molecule has 0 saturated heterocycles. The molecule has 0 fully saturated rings. The van der Waals surface area contributed by atoms with Crippen LogP contribution in [0.2, 0.25) is 0 Å². The minimum absolute atomic E-state index is 0.00596. The van der Waals surface area contributed by atoms with E-state index in [4.69, 9.17) is 8.83 Å². The van der Waals surface area contributed by atoms with E-state index < -0.39 is 5.91 Å². The molecule has 0 aliphatic rings. The highest BCUT2D eigenvalue weighted by Crippen LogP contribution is 2.20. The van der Waals surface area contributed by atoms with Crippen LogP contribution >= 0.6 is 0 Å². The zero-order valence-corrected chi connectivity index (χ0v) is 14.9.